The summed E-state index contributed by atoms with van der Waals surface area (Å²) in [7, 11) is 0. The molecule has 2 rings (SSSR count). The number of nitrogens with zero attached hydrogens (tertiary/aromatic N) is 1. The van der Waals surface area contributed by atoms with Crippen LogP contribution in [0.15, 0.2) is 0 Å². The molecule has 0 radical (unpaired) electrons. The quantitative estimate of drug-likeness (QED) is 0.636. The predicted molar refractivity (Wildman–Crippen MR) is 80.7 cm³/mol. The summed E-state index contributed by atoms with van der Waals surface area (Å²) in [6.45, 7) is 4.53. The lowest BCUT2D eigenvalue weighted by molar-refractivity contribution is 0.107. The van der Waals surface area contributed by atoms with Gasteiger partial charge in [0.2, 0.25) is 0 Å². The van der Waals surface area contributed by atoms with Gasteiger partial charge in [0.05, 0.1) is 11.5 Å². The van der Waals surface area contributed by atoms with E-state index in [2.05, 4.69) is 19.9 Å². The number of hydrogen-bond donors (Lipinski definition) is 0. The minimum absolute atomic E-state index is 0.0309. The average molecular weight is 261 g/mol. The summed E-state index contributed by atoms with van der Waals surface area (Å²) in [5.41, 5.74) is 0.0309. The summed E-state index contributed by atoms with van der Waals surface area (Å²) >= 11 is 0. The van der Waals surface area contributed by atoms with Crippen LogP contribution in [0.2, 0.25) is 0 Å². The molecule has 0 spiro atoms. The fourth-order valence-electron chi connectivity index (χ4n) is 4.67. The molecule has 0 saturated heterocycles. The minimum atomic E-state index is 0.0309. The van der Waals surface area contributed by atoms with Gasteiger partial charge in [-0.25, -0.2) is 0 Å². The van der Waals surface area contributed by atoms with Crippen LogP contribution in [0.4, 0.5) is 0 Å². The van der Waals surface area contributed by atoms with Crippen LogP contribution in [-0.2, 0) is 0 Å². The first-order chi connectivity index (χ1) is 9.23. The molecule has 0 aromatic heterocycles. The molecule has 2 fully saturated rings. The summed E-state index contributed by atoms with van der Waals surface area (Å²) in [5, 5.41) is 9.52. The van der Waals surface area contributed by atoms with E-state index in [1.807, 2.05) is 0 Å². The van der Waals surface area contributed by atoms with Gasteiger partial charge in [0.1, 0.15) is 0 Å². The number of nitriles is 1. The molecule has 1 nitrogen and oxygen atoms in total. The van der Waals surface area contributed by atoms with Gasteiger partial charge in [-0.1, -0.05) is 52.4 Å². The zero-order chi connectivity index (χ0) is 13.7. The van der Waals surface area contributed by atoms with Gasteiger partial charge in [-0.2, -0.15) is 5.26 Å². The van der Waals surface area contributed by atoms with E-state index in [1.165, 1.54) is 57.8 Å². The van der Waals surface area contributed by atoms with Crippen molar-refractivity contribution in [1.29, 1.82) is 5.26 Å². The number of rotatable bonds is 4. The van der Waals surface area contributed by atoms with Gasteiger partial charge < -0.3 is 0 Å². The summed E-state index contributed by atoms with van der Waals surface area (Å²) in [6.07, 6.45) is 14.7. The molecular weight excluding hydrogens is 230 g/mol. The fourth-order valence-corrected chi connectivity index (χ4v) is 4.67. The van der Waals surface area contributed by atoms with Gasteiger partial charge in [0.15, 0.2) is 0 Å². The van der Waals surface area contributed by atoms with Crippen molar-refractivity contribution in [1.82, 2.24) is 0 Å². The molecule has 19 heavy (non-hydrogen) atoms. The normalized spacial score (nSPS) is 39.7. The van der Waals surface area contributed by atoms with Crippen LogP contribution < -0.4 is 0 Å². The third-order valence-electron chi connectivity index (χ3n) is 6.05. The third kappa shape index (κ3) is 3.53. The van der Waals surface area contributed by atoms with Crippen molar-refractivity contribution in [2.45, 2.75) is 84.5 Å². The summed E-state index contributed by atoms with van der Waals surface area (Å²) in [4.78, 5) is 0. The summed E-state index contributed by atoms with van der Waals surface area (Å²) < 4.78 is 0. The largest absolute Gasteiger partial charge is 0.198 e. The molecule has 0 bridgehead atoms. The molecule has 0 amide bonds. The second kappa shape index (κ2) is 6.78. The molecule has 0 N–H and O–H groups in total. The monoisotopic (exact) mass is 261 g/mol. The van der Waals surface area contributed by atoms with Crippen molar-refractivity contribution < 1.29 is 0 Å². The predicted octanol–water partition coefficient (Wildman–Crippen LogP) is 5.70. The van der Waals surface area contributed by atoms with Gasteiger partial charge in [0.25, 0.3) is 0 Å². The molecule has 0 heterocycles. The van der Waals surface area contributed by atoms with Crippen LogP contribution in [-0.4, -0.2) is 0 Å². The Balaban J connectivity index is 1.87. The van der Waals surface area contributed by atoms with Crippen LogP contribution >= 0.6 is 0 Å². The van der Waals surface area contributed by atoms with Crippen molar-refractivity contribution in [3.05, 3.63) is 0 Å². The number of hydrogen-bond acceptors (Lipinski definition) is 1. The maximum atomic E-state index is 9.52. The van der Waals surface area contributed by atoms with Crippen LogP contribution in [0.3, 0.4) is 0 Å². The lowest BCUT2D eigenvalue weighted by atomic mass is 9.63. The van der Waals surface area contributed by atoms with E-state index in [9.17, 15) is 5.26 Å². The topological polar surface area (TPSA) is 23.8 Å². The lowest BCUT2D eigenvalue weighted by Gasteiger charge is -2.41. The van der Waals surface area contributed by atoms with Gasteiger partial charge in [-0.05, 0) is 49.9 Å². The van der Waals surface area contributed by atoms with Crippen LogP contribution in [0.5, 0.6) is 0 Å². The zero-order valence-corrected chi connectivity index (χ0v) is 13.0. The first-order valence-electron chi connectivity index (χ1n) is 8.64. The third-order valence-corrected chi connectivity index (χ3v) is 6.05. The summed E-state index contributed by atoms with van der Waals surface area (Å²) in [6, 6.07) is 2.67. The van der Waals surface area contributed by atoms with Crippen LogP contribution in [0.25, 0.3) is 0 Å². The van der Waals surface area contributed by atoms with Crippen LogP contribution in [0.1, 0.15) is 84.5 Å². The van der Waals surface area contributed by atoms with E-state index in [-0.39, 0.29) is 5.41 Å². The Kier molecular flexibility index (Phi) is 5.31. The maximum absolute atomic E-state index is 9.52. The van der Waals surface area contributed by atoms with E-state index >= 15 is 0 Å². The first-order valence-corrected chi connectivity index (χ1v) is 8.64. The maximum Gasteiger partial charge on any atom is 0.0689 e. The second-order valence-corrected chi connectivity index (χ2v) is 7.17. The van der Waals surface area contributed by atoms with Crippen molar-refractivity contribution in [2.24, 2.45) is 23.2 Å². The molecule has 2 saturated carbocycles. The van der Waals surface area contributed by atoms with Crippen molar-refractivity contribution in [2.75, 3.05) is 0 Å². The van der Waals surface area contributed by atoms with Crippen molar-refractivity contribution in [3.63, 3.8) is 0 Å². The van der Waals surface area contributed by atoms with E-state index in [1.54, 1.807) is 0 Å². The smallest absolute Gasteiger partial charge is 0.0689 e. The van der Waals surface area contributed by atoms with Gasteiger partial charge in [0, 0.05) is 0 Å². The highest BCUT2D eigenvalue weighted by Gasteiger charge is 2.38. The highest BCUT2D eigenvalue weighted by Crippen LogP contribution is 2.47. The molecular formula is C18H31N. The van der Waals surface area contributed by atoms with E-state index in [0.717, 1.165) is 30.6 Å². The Morgan fingerprint density at radius 1 is 1.05 bits per heavy atom. The van der Waals surface area contributed by atoms with Crippen LogP contribution in [0, 0.1) is 34.5 Å². The Bertz CT molecular complexity index is 308. The Morgan fingerprint density at radius 2 is 1.79 bits per heavy atom. The Morgan fingerprint density at radius 3 is 2.37 bits per heavy atom. The molecule has 108 valence electrons. The highest BCUT2D eigenvalue weighted by atomic mass is 14.4. The van der Waals surface area contributed by atoms with E-state index in [4.69, 9.17) is 0 Å². The van der Waals surface area contributed by atoms with Gasteiger partial charge >= 0.3 is 0 Å². The van der Waals surface area contributed by atoms with Crippen molar-refractivity contribution in [3.8, 4) is 6.07 Å². The standard InChI is InChI=1S/C18H31N/c1-3-6-15-8-10-16(11-9-15)17-7-5-12-18(4-2,13-17)14-19/h15-17H,3-13H2,1-2H3. The molecule has 2 atom stereocenters. The zero-order valence-electron chi connectivity index (χ0n) is 13.0. The molecule has 0 aromatic carbocycles. The molecule has 2 unspecified atom stereocenters. The van der Waals surface area contributed by atoms with E-state index < -0.39 is 0 Å². The van der Waals surface area contributed by atoms with Crippen molar-refractivity contribution >= 4 is 0 Å². The molecule has 1 heteroatoms. The SMILES string of the molecule is CCCC1CCC(C2CCCC(C#N)(CC)C2)CC1. The first kappa shape index (κ1) is 14.9. The molecule has 0 aliphatic heterocycles. The lowest BCUT2D eigenvalue weighted by Crippen LogP contribution is -2.32. The second-order valence-electron chi connectivity index (χ2n) is 7.17. The van der Waals surface area contributed by atoms with Gasteiger partial charge in [-0.3, -0.25) is 0 Å². The Hall–Kier alpha value is -0.510. The molecule has 2 aliphatic carbocycles. The summed E-state index contributed by atoms with van der Waals surface area (Å²) in [5.74, 6) is 2.81. The molecule has 2 aliphatic rings. The van der Waals surface area contributed by atoms with E-state index in [0.29, 0.717) is 0 Å². The Labute approximate surface area is 119 Å². The molecule has 0 aromatic rings. The average Bonchev–Trinajstić information content (AvgIpc) is 2.48. The fraction of sp³-hybridized carbons (Fsp3) is 0.944. The van der Waals surface area contributed by atoms with Gasteiger partial charge in [-0.15, -0.1) is 0 Å². The highest BCUT2D eigenvalue weighted by molar-refractivity contribution is 5.02. The minimum Gasteiger partial charge on any atom is -0.198 e.